The van der Waals surface area contributed by atoms with Crippen LogP contribution in [0.4, 0.5) is 5.69 Å². The van der Waals surface area contributed by atoms with E-state index in [4.69, 9.17) is 17.0 Å². The van der Waals surface area contributed by atoms with E-state index in [9.17, 15) is 9.59 Å². The number of hydrogen-bond donors (Lipinski definition) is 0. The predicted molar refractivity (Wildman–Crippen MR) is 128 cm³/mol. The smallest absolute Gasteiger partial charge is 0.325 e. The summed E-state index contributed by atoms with van der Waals surface area (Å²) in [5.74, 6) is -0.461. The summed E-state index contributed by atoms with van der Waals surface area (Å²) in [5, 5.41) is 0.929. The maximum absolute atomic E-state index is 13.1. The molecule has 2 aromatic carbocycles. The second-order valence-corrected chi connectivity index (χ2v) is 9.12. The highest BCUT2D eigenvalue weighted by Gasteiger charge is 2.33. The quantitative estimate of drug-likeness (QED) is 0.267. The summed E-state index contributed by atoms with van der Waals surface area (Å²) in [7, 11) is 0. The molecule has 0 saturated carbocycles. The van der Waals surface area contributed by atoms with Crippen LogP contribution in [-0.2, 0) is 20.9 Å². The molecule has 4 rings (SSSR count). The topological polar surface area (TPSA) is 51.5 Å². The van der Waals surface area contributed by atoms with Gasteiger partial charge in [-0.05, 0) is 43.3 Å². The van der Waals surface area contributed by atoms with Gasteiger partial charge >= 0.3 is 5.97 Å². The van der Waals surface area contributed by atoms with Crippen LogP contribution >= 0.6 is 39.9 Å². The highest BCUT2D eigenvalue weighted by atomic mass is 79.9. The molecule has 8 heteroatoms. The number of anilines is 1. The van der Waals surface area contributed by atoms with Gasteiger partial charge in [0, 0.05) is 27.1 Å². The number of rotatable bonds is 5. The van der Waals surface area contributed by atoms with Gasteiger partial charge in [-0.3, -0.25) is 14.5 Å². The van der Waals surface area contributed by atoms with Gasteiger partial charge in [-0.15, -0.1) is 0 Å². The number of esters is 1. The van der Waals surface area contributed by atoms with E-state index in [2.05, 4.69) is 15.9 Å². The van der Waals surface area contributed by atoms with E-state index in [0.717, 1.165) is 26.6 Å². The number of hydrogen-bond acceptors (Lipinski definition) is 5. The second kappa shape index (κ2) is 8.75. The van der Waals surface area contributed by atoms with Crippen molar-refractivity contribution in [2.75, 3.05) is 11.5 Å². The molecule has 0 aliphatic carbocycles. The Labute approximate surface area is 191 Å². The number of amides is 1. The number of nitrogens with zero attached hydrogens (tertiary/aromatic N) is 2. The first-order valence-corrected chi connectivity index (χ1v) is 11.3. The molecular formula is C22H17BrN2O3S2. The maximum Gasteiger partial charge on any atom is 0.325 e. The largest absolute Gasteiger partial charge is 0.465 e. The maximum atomic E-state index is 13.1. The average Bonchev–Trinajstić information content (AvgIpc) is 3.19. The number of halogens is 1. The van der Waals surface area contributed by atoms with Gasteiger partial charge in [0.15, 0.2) is 4.32 Å². The van der Waals surface area contributed by atoms with E-state index in [1.54, 1.807) is 11.8 Å². The molecule has 0 spiro atoms. The second-order valence-electron chi connectivity index (χ2n) is 6.53. The highest BCUT2D eigenvalue weighted by Crippen LogP contribution is 2.37. The average molecular weight is 501 g/mol. The minimum atomic E-state index is -0.306. The van der Waals surface area contributed by atoms with Gasteiger partial charge in [0.05, 0.1) is 17.2 Å². The van der Waals surface area contributed by atoms with Crippen molar-refractivity contribution >= 4 is 78.8 Å². The Kier molecular flexibility index (Phi) is 6.08. The van der Waals surface area contributed by atoms with Crippen LogP contribution in [0.3, 0.4) is 0 Å². The lowest BCUT2D eigenvalue weighted by Gasteiger charge is -2.13. The molecule has 1 saturated heterocycles. The number of ether oxygens (including phenoxy) is 1. The Morgan fingerprint density at radius 3 is 2.73 bits per heavy atom. The Morgan fingerprint density at radius 1 is 1.23 bits per heavy atom. The van der Waals surface area contributed by atoms with Gasteiger partial charge in [-0.25, -0.2) is 0 Å². The van der Waals surface area contributed by atoms with Gasteiger partial charge in [-0.1, -0.05) is 58.1 Å². The first kappa shape index (κ1) is 20.8. The van der Waals surface area contributed by atoms with Crippen LogP contribution < -0.4 is 4.90 Å². The number of aromatic nitrogens is 1. The fourth-order valence-electron chi connectivity index (χ4n) is 3.30. The number of carbonyl (C=O) groups excluding carboxylic acids is 2. The zero-order valence-corrected chi connectivity index (χ0v) is 19.2. The molecular weight excluding hydrogens is 484 g/mol. The molecule has 1 fully saturated rings. The van der Waals surface area contributed by atoms with Crippen LogP contribution in [0.25, 0.3) is 17.0 Å². The number of fused-ring (bicyclic) bond motifs is 1. The van der Waals surface area contributed by atoms with E-state index in [-0.39, 0.29) is 18.4 Å². The van der Waals surface area contributed by atoms with Crippen molar-refractivity contribution in [1.82, 2.24) is 4.57 Å². The number of para-hydroxylation sites is 1. The normalized spacial score (nSPS) is 15.4. The lowest BCUT2D eigenvalue weighted by molar-refractivity contribution is -0.143. The molecule has 1 aliphatic rings. The lowest BCUT2D eigenvalue weighted by atomic mass is 10.1. The van der Waals surface area contributed by atoms with Crippen LogP contribution in [0, 0.1) is 0 Å². The first-order valence-electron chi connectivity index (χ1n) is 9.25. The molecule has 1 aliphatic heterocycles. The zero-order chi connectivity index (χ0) is 21.3. The summed E-state index contributed by atoms with van der Waals surface area (Å²) in [6.07, 6.45) is 3.70. The van der Waals surface area contributed by atoms with Crippen LogP contribution in [0.1, 0.15) is 12.5 Å². The molecule has 152 valence electrons. The summed E-state index contributed by atoms with van der Waals surface area (Å²) in [5.41, 5.74) is 2.47. The predicted octanol–water partition coefficient (Wildman–Crippen LogP) is 5.37. The van der Waals surface area contributed by atoms with Gasteiger partial charge in [0.25, 0.3) is 5.91 Å². The molecule has 1 aromatic heterocycles. The van der Waals surface area contributed by atoms with Crippen molar-refractivity contribution in [3.8, 4) is 0 Å². The van der Waals surface area contributed by atoms with Crippen LogP contribution in [0.15, 0.2) is 64.1 Å². The number of carbonyl (C=O) groups is 2. The van der Waals surface area contributed by atoms with E-state index in [1.165, 1.54) is 11.8 Å². The fraction of sp³-hybridized carbons (Fsp3) is 0.136. The Hall–Kier alpha value is -2.42. The molecule has 0 unspecified atom stereocenters. The molecule has 0 N–H and O–H groups in total. The molecule has 3 aromatic rings. The third-order valence-electron chi connectivity index (χ3n) is 4.57. The summed E-state index contributed by atoms with van der Waals surface area (Å²) in [6, 6.07) is 15.2. The summed E-state index contributed by atoms with van der Waals surface area (Å²) in [4.78, 5) is 27.2. The third kappa shape index (κ3) is 4.08. The van der Waals surface area contributed by atoms with Crippen LogP contribution in [0.2, 0.25) is 0 Å². The molecule has 1 amide bonds. The molecule has 0 atom stereocenters. The van der Waals surface area contributed by atoms with Crippen molar-refractivity contribution in [2.45, 2.75) is 13.5 Å². The first-order chi connectivity index (χ1) is 14.5. The summed E-state index contributed by atoms with van der Waals surface area (Å²) >= 11 is 10.2. The standard InChI is InChI=1S/C22H17BrN2O3S2/c1-2-28-20(26)13-24-12-14(17-11-15(23)8-9-18(17)24)10-19-21(27)25(22(29)30-19)16-6-4-3-5-7-16/h3-12H,2,13H2,1H3/b19-10-. The zero-order valence-electron chi connectivity index (χ0n) is 16.0. The molecule has 2 heterocycles. The van der Waals surface area contributed by atoms with Gasteiger partial charge in [0.1, 0.15) is 6.54 Å². The van der Waals surface area contributed by atoms with Crippen molar-refractivity contribution in [3.63, 3.8) is 0 Å². The van der Waals surface area contributed by atoms with Crippen molar-refractivity contribution in [2.24, 2.45) is 0 Å². The van der Waals surface area contributed by atoms with Crippen molar-refractivity contribution < 1.29 is 14.3 Å². The van der Waals surface area contributed by atoms with Crippen LogP contribution in [-0.4, -0.2) is 27.4 Å². The Balaban J connectivity index is 1.73. The summed E-state index contributed by atoms with van der Waals surface area (Å²) in [6.45, 7) is 2.21. The van der Waals surface area contributed by atoms with E-state index in [0.29, 0.717) is 15.8 Å². The van der Waals surface area contributed by atoms with E-state index in [1.807, 2.05) is 65.4 Å². The molecule has 0 radical (unpaired) electrons. The van der Waals surface area contributed by atoms with Crippen molar-refractivity contribution in [1.29, 1.82) is 0 Å². The molecule has 30 heavy (non-hydrogen) atoms. The Bertz CT molecular complexity index is 1190. The van der Waals surface area contributed by atoms with Gasteiger partial charge < -0.3 is 9.30 Å². The lowest BCUT2D eigenvalue weighted by Crippen LogP contribution is -2.27. The van der Waals surface area contributed by atoms with E-state index < -0.39 is 0 Å². The number of thioether (sulfide) groups is 1. The molecule has 0 bridgehead atoms. The molecule has 5 nitrogen and oxygen atoms in total. The number of benzene rings is 2. The number of thiocarbonyl (C=S) groups is 1. The van der Waals surface area contributed by atoms with Crippen LogP contribution in [0.5, 0.6) is 0 Å². The fourth-order valence-corrected chi connectivity index (χ4v) is 4.95. The monoisotopic (exact) mass is 500 g/mol. The summed E-state index contributed by atoms with van der Waals surface area (Å²) < 4.78 is 8.33. The highest BCUT2D eigenvalue weighted by molar-refractivity contribution is 9.10. The Morgan fingerprint density at radius 2 is 2.00 bits per heavy atom. The van der Waals surface area contributed by atoms with E-state index >= 15 is 0 Å². The van der Waals surface area contributed by atoms with Gasteiger partial charge in [-0.2, -0.15) is 0 Å². The minimum absolute atomic E-state index is 0.102. The van der Waals surface area contributed by atoms with Gasteiger partial charge in [0.2, 0.25) is 0 Å². The van der Waals surface area contributed by atoms with Crippen molar-refractivity contribution in [3.05, 3.63) is 69.7 Å². The SMILES string of the molecule is CCOC(=O)Cn1cc(/C=C2\SC(=S)N(c3ccccc3)C2=O)c2cc(Br)ccc21. The minimum Gasteiger partial charge on any atom is -0.465 e. The third-order valence-corrected chi connectivity index (χ3v) is 6.37.